The van der Waals surface area contributed by atoms with E-state index < -0.39 is 0 Å². The Labute approximate surface area is 130 Å². The van der Waals surface area contributed by atoms with Crippen molar-refractivity contribution in [2.75, 3.05) is 0 Å². The third-order valence-corrected chi connectivity index (χ3v) is 2.06. The number of hydrogen-bond acceptors (Lipinski definition) is 0. The maximum absolute atomic E-state index is 3.63. The van der Waals surface area contributed by atoms with Crippen LogP contribution < -0.4 is 18.9 Å². The van der Waals surface area contributed by atoms with Crippen molar-refractivity contribution in [3.63, 3.8) is 0 Å². The van der Waals surface area contributed by atoms with Gasteiger partial charge in [0.05, 0.1) is 0 Å². The van der Waals surface area contributed by atoms with Crippen molar-refractivity contribution in [3.05, 3.63) is 85.8 Å². The fourth-order valence-corrected chi connectivity index (χ4v) is 0.974. The van der Waals surface area contributed by atoms with E-state index in [2.05, 4.69) is 20.4 Å². The monoisotopic (exact) mass is 246 g/mol. The SMILES string of the molecule is C=Cc1ccccc1.[CH2-]CCC.[Li+].c1ccccc1. The quantitative estimate of drug-likeness (QED) is 0.564. The van der Waals surface area contributed by atoms with E-state index in [0.717, 1.165) is 6.42 Å². The standard InChI is InChI=1S/C8H8.C6H6.C4H9.Li/c1-2-8-6-4-3-5-7-8;1-2-4-6-5-3-1;1-3-4-2;/h2-7H,1H2;1-6H;1,3-4H2,2H3;/q;;-1;+1. The molecular formula is C18H23Li. The molecule has 0 nitrogen and oxygen atoms in total. The van der Waals surface area contributed by atoms with E-state index in [1.165, 1.54) is 12.0 Å². The molecule has 0 spiro atoms. The van der Waals surface area contributed by atoms with Crippen molar-refractivity contribution < 1.29 is 18.9 Å². The average Bonchev–Trinajstić information content (AvgIpc) is 2.51. The minimum atomic E-state index is 0. The van der Waals surface area contributed by atoms with Crippen LogP contribution in [0.5, 0.6) is 0 Å². The molecular weight excluding hydrogens is 223 g/mol. The Balaban J connectivity index is 0. The summed E-state index contributed by atoms with van der Waals surface area (Å²) >= 11 is 0. The molecule has 0 heterocycles. The molecule has 2 aromatic rings. The van der Waals surface area contributed by atoms with Gasteiger partial charge in [-0.3, -0.25) is 0 Å². The molecule has 0 aromatic heterocycles. The van der Waals surface area contributed by atoms with Crippen LogP contribution in [0.15, 0.2) is 73.3 Å². The van der Waals surface area contributed by atoms with E-state index in [4.69, 9.17) is 0 Å². The summed E-state index contributed by atoms with van der Waals surface area (Å²) in [5, 5.41) is 0. The molecule has 19 heavy (non-hydrogen) atoms. The third-order valence-electron chi connectivity index (χ3n) is 2.06. The van der Waals surface area contributed by atoms with Crippen LogP contribution >= 0.6 is 0 Å². The van der Waals surface area contributed by atoms with Crippen LogP contribution in [0.3, 0.4) is 0 Å². The summed E-state index contributed by atoms with van der Waals surface area (Å²) < 4.78 is 0. The van der Waals surface area contributed by atoms with Gasteiger partial charge in [0.15, 0.2) is 0 Å². The molecule has 0 radical (unpaired) electrons. The summed E-state index contributed by atoms with van der Waals surface area (Å²) in [5.74, 6) is 0. The Bertz CT molecular complexity index is 339. The summed E-state index contributed by atoms with van der Waals surface area (Å²) in [5.41, 5.74) is 1.17. The van der Waals surface area contributed by atoms with Crippen LogP contribution in [0.4, 0.5) is 0 Å². The zero-order chi connectivity index (χ0) is 13.5. The van der Waals surface area contributed by atoms with Crippen molar-refractivity contribution >= 4 is 6.08 Å². The molecule has 0 unspecified atom stereocenters. The third kappa shape index (κ3) is 14.7. The molecule has 2 rings (SSSR count). The second-order valence-corrected chi connectivity index (χ2v) is 3.62. The number of unbranched alkanes of at least 4 members (excludes halogenated alkanes) is 1. The Morgan fingerprint density at radius 2 is 1.21 bits per heavy atom. The molecule has 0 atom stereocenters. The first-order valence-electron chi connectivity index (χ1n) is 6.31. The van der Waals surface area contributed by atoms with Crippen LogP contribution in [-0.2, 0) is 0 Å². The first-order valence-corrected chi connectivity index (χ1v) is 6.31. The van der Waals surface area contributed by atoms with Gasteiger partial charge in [-0.25, -0.2) is 0 Å². The summed E-state index contributed by atoms with van der Waals surface area (Å²) in [4.78, 5) is 0. The van der Waals surface area contributed by atoms with Crippen molar-refractivity contribution in [1.82, 2.24) is 0 Å². The van der Waals surface area contributed by atoms with Gasteiger partial charge in [0.25, 0.3) is 0 Å². The average molecular weight is 246 g/mol. The topological polar surface area (TPSA) is 0 Å². The molecule has 2 aromatic carbocycles. The second kappa shape index (κ2) is 16.8. The Hall–Kier alpha value is -1.22. The van der Waals surface area contributed by atoms with E-state index in [1.54, 1.807) is 0 Å². The Kier molecular flexibility index (Phi) is 17.8. The normalized spacial score (nSPS) is 7.68. The molecule has 0 aliphatic rings. The van der Waals surface area contributed by atoms with Crippen LogP contribution in [-0.4, -0.2) is 0 Å². The fourth-order valence-electron chi connectivity index (χ4n) is 0.974. The molecule has 0 saturated heterocycles. The van der Waals surface area contributed by atoms with Crippen LogP contribution in [0.1, 0.15) is 25.3 Å². The zero-order valence-electron chi connectivity index (χ0n) is 12.3. The molecule has 0 aliphatic carbocycles. The minimum Gasteiger partial charge on any atom is -0.343 e. The summed E-state index contributed by atoms with van der Waals surface area (Å²) in [6.07, 6.45) is 4.11. The van der Waals surface area contributed by atoms with Gasteiger partial charge in [0, 0.05) is 0 Å². The van der Waals surface area contributed by atoms with Crippen molar-refractivity contribution in [3.8, 4) is 0 Å². The number of hydrogen-bond donors (Lipinski definition) is 0. The van der Waals surface area contributed by atoms with E-state index in [-0.39, 0.29) is 18.9 Å². The van der Waals surface area contributed by atoms with Crippen LogP contribution in [0.25, 0.3) is 6.08 Å². The van der Waals surface area contributed by atoms with Gasteiger partial charge in [-0.05, 0) is 5.56 Å². The van der Waals surface area contributed by atoms with E-state index in [9.17, 15) is 0 Å². The maximum Gasteiger partial charge on any atom is 1.00 e. The van der Waals surface area contributed by atoms with E-state index in [0.29, 0.717) is 0 Å². The second-order valence-electron chi connectivity index (χ2n) is 3.62. The Morgan fingerprint density at radius 1 is 0.895 bits per heavy atom. The first-order chi connectivity index (χ1) is 8.85. The smallest absolute Gasteiger partial charge is 0.343 e. The van der Waals surface area contributed by atoms with Crippen LogP contribution in [0, 0.1) is 6.92 Å². The minimum absolute atomic E-state index is 0. The molecule has 96 valence electrons. The summed E-state index contributed by atoms with van der Waals surface area (Å²) in [6.45, 7) is 9.35. The molecule has 0 amide bonds. The summed E-state index contributed by atoms with van der Waals surface area (Å²) in [7, 11) is 0. The predicted molar refractivity (Wildman–Crippen MR) is 83.2 cm³/mol. The first kappa shape index (κ1) is 20.1. The molecule has 0 bridgehead atoms. The van der Waals surface area contributed by atoms with E-state index >= 15 is 0 Å². The molecule has 0 N–H and O–H groups in total. The largest absolute Gasteiger partial charge is 1.00 e. The van der Waals surface area contributed by atoms with Crippen molar-refractivity contribution in [1.29, 1.82) is 0 Å². The number of rotatable bonds is 2. The maximum atomic E-state index is 3.63. The van der Waals surface area contributed by atoms with Gasteiger partial charge in [0.1, 0.15) is 0 Å². The molecule has 1 heteroatoms. The predicted octanol–water partition coefficient (Wildman–Crippen LogP) is 2.64. The van der Waals surface area contributed by atoms with Gasteiger partial charge < -0.3 is 6.92 Å². The van der Waals surface area contributed by atoms with Gasteiger partial charge in [0.2, 0.25) is 0 Å². The number of benzene rings is 2. The summed E-state index contributed by atoms with van der Waals surface area (Å²) in [6, 6.07) is 22.0. The molecule has 0 aliphatic heterocycles. The van der Waals surface area contributed by atoms with Crippen molar-refractivity contribution in [2.24, 2.45) is 0 Å². The van der Waals surface area contributed by atoms with Crippen molar-refractivity contribution in [2.45, 2.75) is 19.8 Å². The van der Waals surface area contributed by atoms with Gasteiger partial charge in [-0.15, -0.1) is 0 Å². The van der Waals surface area contributed by atoms with Gasteiger partial charge in [-0.2, -0.15) is 6.42 Å². The zero-order valence-corrected chi connectivity index (χ0v) is 12.3. The van der Waals surface area contributed by atoms with Crippen LogP contribution in [0.2, 0.25) is 0 Å². The Morgan fingerprint density at radius 3 is 1.42 bits per heavy atom. The molecule has 0 saturated carbocycles. The van der Waals surface area contributed by atoms with Gasteiger partial charge in [-0.1, -0.05) is 92.7 Å². The van der Waals surface area contributed by atoms with E-state index in [1.807, 2.05) is 72.8 Å². The fraction of sp³-hybridized carbons (Fsp3) is 0.167. The van der Waals surface area contributed by atoms with Gasteiger partial charge >= 0.3 is 18.9 Å². The molecule has 0 fully saturated rings.